The average molecular weight is 441 g/mol. The van der Waals surface area contributed by atoms with E-state index in [4.69, 9.17) is 9.97 Å². The summed E-state index contributed by atoms with van der Waals surface area (Å²) < 4.78 is 13.1. The van der Waals surface area contributed by atoms with E-state index in [1.165, 1.54) is 12.1 Å². The molecule has 2 amide bonds. The quantitative estimate of drug-likeness (QED) is 0.742. The van der Waals surface area contributed by atoms with Crippen molar-refractivity contribution in [2.45, 2.75) is 38.6 Å². The molecule has 2 N–H and O–H groups in total. The Morgan fingerprint density at radius 1 is 1.19 bits per heavy atom. The molecule has 1 fully saturated rings. The molecule has 4 rings (SSSR count). The lowest BCUT2D eigenvalue weighted by Crippen LogP contribution is -2.39. The van der Waals surface area contributed by atoms with Gasteiger partial charge in [0.1, 0.15) is 17.5 Å². The van der Waals surface area contributed by atoms with E-state index in [1.54, 1.807) is 19.1 Å². The Labute approximate surface area is 187 Å². The van der Waals surface area contributed by atoms with Crippen LogP contribution < -0.4 is 10.6 Å². The summed E-state index contributed by atoms with van der Waals surface area (Å²) in [5, 5.41) is 6.00. The number of amides is 2. The van der Waals surface area contributed by atoms with Crippen molar-refractivity contribution in [1.29, 1.82) is 0 Å². The predicted molar refractivity (Wildman–Crippen MR) is 120 cm³/mol. The van der Waals surface area contributed by atoms with Crippen LogP contribution in [0.3, 0.4) is 0 Å². The highest BCUT2D eigenvalue weighted by molar-refractivity contribution is 5.92. The van der Waals surface area contributed by atoms with Gasteiger partial charge in [-0.25, -0.2) is 14.4 Å². The van der Waals surface area contributed by atoms with E-state index in [9.17, 15) is 14.0 Å². The molecule has 9 heteroatoms. The Hall–Kier alpha value is -3.07. The Morgan fingerprint density at radius 2 is 1.97 bits per heavy atom. The minimum atomic E-state index is -0.336. The van der Waals surface area contributed by atoms with Gasteiger partial charge in [-0.1, -0.05) is 0 Å². The Kier molecular flexibility index (Phi) is 6.64. The lowest BCUT2D eigenvalue weighted by molar-refractivity contribution is -0.130. The van der Waals surface area contributed by atoms with Gasteiger partial charge in [-0.3, -0.25) is 14.5 Å². The van der Waals surface area contributed by atoms with Crippen molar-refractivity contribution < 1.29 is 14.0 Å². The molecule has 2 aromatic rings. The number of carbonyl (C=O) groups is 2. The van der Waals surface area contributed by atoms with Gasteiger partial charge in [0.2, 0.25) is 11.8 Å². The molecule has 0 bridgehead atoms. The van der Waals surface area contributed by atoms with Gasteiger partial charge < -0.3 is 15.5 Å². The van der Waals surface area contributed by atoms with Gasteiger partial charge >= 0.3 is 0 Å². The summed E-state index contributed by atoms with van der Waals surface area (Å²) in [6.07, 6.45) is 2.66. The molecule has 170 valence electrons. The molecule has 0 aliphatic carbocycles. The molecule has 1 atom stereocenters. The highest BCUT2D eigenvalue weighted by Crippen LogP contribution is 2.30. The van der Waals surface area contributed by atoms with Crippen molar-refractivity contribution in [3.8, 4) is 0 Å². The van der Waals surface area contributed by atoms with E-state index in [1.807, 2.05) is 11.9 Å². The van der Waals surface area contributed by atoms with Gasteiger partial charge in [0.15, 0.2) is 0 Å². The molecule has 0 unspecified atom stereocenters. The number of halogens is 1. The number of fused-ring (bicyclic) bond motifs is 1. The number of hydrogen-bond donors (Lipinski definition) is 2. The van der Waals surface area contributed by atoms with Crippen molar-refractivity contribution in [3.63, 3.8) is 0 Å². The van der Waals surface area contributed by atoms with Crippen LogP contribution in [-0.4, -0.2) is 64.8 Å². The first kappa shape index (κ1) is 22.1. The van der Waals surface area contributed by atoms with Crippen LogP contribution in [0, 0.1) is 5.82 Å². The Bertz CT molecular complexity index is 979. The second kappa shape index (κ2) is 9.60. The van der Waals surface area contributed by atoms with Crippen LogP contribution in [0.1, 0.15) is 42.8 Å². The van der Waals surface area contributed by atoms with E-state index in [2.05, 4.69) is 15.5 Å². The number of likely N-dealkylation sites (tertiary alicyclic amines) is 1. The van der Waals surface area contributed by atoms with Gasteiger partial charge in [0, 0.05) is 63.7 Å². The third kappa shape index (κ3) is 5.04. The number of nitrogens with zero attached hydrogens (tertiary/aromatic N) is 4. The monoisotopic (exact) mass is 440 g/mol. The number of benzene rings is 1. The topological polar surface area (TPSA) is 90.5 Å². The van der Waals surface area contributed by atoms with Crippen molar-refractivity contribution in [3.05, 3.63) is 47.2 Å². The zero-order chi connectivity index (χ0) is 22.7. The predicted octanol–water partition coefficient (Wildman–Crippen LogP) is 2.38. The zero-order valence-corrected chi connectivity index (χ0v) is 18.5. The van der Waals surface area contributed by atoms with Crippen molar-refractivity contribution in [2.24, 2.45) is 0 Å². The molecule has 32 heavy (non-hydrogen) atoms. The van der Waals surface area contributed by atoms with Crippen molar-refractivity contribution in [2.75, 3.05) is 43.9 Å². The fraction of sp³-hybridized carbons (Fsp3) is 0.478. The van der Waals surface area contributed by atoms with Crippen LogP contribution in [0.4, 0.5) is 15.9 Å². The van der Waals surface area contributed by atoms with Crippen LogP contribution >= 0.6 is 0 Å². The second-order valence-electron chi connectivity index (χ2n) is 8.43. The normalized spacial score (nSPS) is 18.7. The van der Waals surface area contributed by atoms with E-state index >= 15 is 0 Å². The lowest BCUT2D eigenvalue weighted by Gasteiger charge is -2.33. The van der Waals surface area contributed by atoms with Gasteiger partial charge in [-0.15, -0.1) is 0 Å². The van der Waals surface area contributed by atoms with Crippen LogP contribution in [0.2, 0.25) is 0 Å². The molecule has 1 aromatic carbocycles. The third-order valence-electron chi connectivity index (χ3n) is 6.12. The average Bonchev–Trinajstić information content (AvgIpc) is 2.80. The molecule has 0 spiro atoms. The number of rotatable bonds is 5. The molecular formula is C23H29FN6O2. The van der Waals surface area contributed by atoms with Crippen LogP contribution in [0.15, 0.2) is 24.3 Å². The van der Waals surface area contributed by atoms with Gasteiger partial charge in [0.05, 0.1) is 12.2 Å². The number of piperidine rings is 1. The Balaban J connectivity index is 1.44. The maximum absolute atomic E-state index is 13.1. The molecule has 0 radical (unpaired) electrons. The van der Waals surface area contributed by atoms with E-state index in [0.717, 1.165) is 48.7 Å². The minimum absolute atomic E-state index is 0.0936. The number of carbonyl (C=O) groups excluding carboxylic acids is 2. The van der Waals surface area contributed by atoms with Crippen LogP contribution in [0.5, 0.6) is 0 Å². The highest BCUT2D eigenvalue weighted by Gasteiger charge is 2.29. The summed E-state index contributed by atoms with van der Waals surface area (Å²) in [7, 11) is 1.84. The number of anilines is 2. The molecule has 1 aromatic heterocycles. The van der Waals surface area contributed by atoms with Gasteiger partial charge in [-0.2, -0.15) is 0 Å². The summed E-state index contributed by atoms with van der Waals surface area (Å²) in [5.74, 6) is 1.34. The maximum atomic E-state index is 13.1. The molecule has 0 saturated carbocycles. The molecule has 2 aliphatic rings. The maximum Gasteiger partial charge on any atom is 0.238 e. The van der Waals surface area contributed by atoms with E-state index in [-0.39, 0.29) is 30.1 Å². The fourth-order valence-electron chi connectivity index (χ4n) is 4.42. The molecule has 2 aliphatic heterocycles. The second-order valence-corrected chi connectivity index (χ2v) is 8.43. The molecule has 1 saturated heterocycles. The van der Waals surface area contributed by atoms with Crippen LogP contribution in [-0.2, 0) is 22.6 Å². The van der Waals surface area contributed by atoms with Crippen molar-refractivity contribution in [1.82, 2.24) is 19.8 Å². The number of nitrogens with one attached hydrogen (secondary N) is 2. The molecule has 8 nitrogen and oxygen atoms in total. The first-order chi connectivity index (χ1) is 15.4. The number of aromatic nitrogens is 2. The summed E-state index contributed by atoms with van der Waals surface area (Å²) in [6, 6.07) is 5.74. The first-order valence-electron chi connectivity index (χ1n) is 11.0. The third-order valence-corrected chi connectivity index (χ3v) is 6.12. The lowest BCUT2D eigenvalue weighted by atomic mass is 9.96. The van der Waals surface area contributed by atoms with Gasteiger partial charge in [-0.05, 0) is 37.1 Å². The van der Waals surface area contributed by atoms with Crippen molar-refractivity contribution >= 4 is 23.3 Å². The largest absolute Gasteiger partial charge is 0.373 e. The Morgan fingerprint density at radius 3 is 2.69 bits per heavy atom. The van der Waals surface area contributed by atoms with Gasteiger partial charge in [0.25, 0.3) is 0 Å². The van der Waals surface area contributed by atoms with E-state index in [0.29, 0.717) is 25.3 Å². The summed E-state index contributed by atoms with van der Waals surface area (Å²) in [4.78, 5) is 37.9. The molecule has 3 heterocycles. The van der Waals surface area contributed by atoms with E-state index < -0.39 is 0 Å². The first-order valence-corrected chi connectivity index (χ1v) is 11.0. The number of hydrogen-bond acceptors (Lipinski definition) is 6. The summed E-state index contributed by atoms with van der Waals surface area (Å²) in [6.45, 7) is 4.59. The fourth-order valence-corrected chi connectivity index (χ4v) is 4.42. The SMILES string of the molecule is CNc1nc([C@@H]2CCCN(C(C)=O)C2)nc2c1CN(CC(=O)Nc1ccc(F)cc1)CC2. The summed E-state index contributed by atoms with van der Waals surface area (Å²) in [5.41, 5.74) is 2.59. The minimum Gasteiger partial charge on any atom is -0.373 e. The summed E-state index contributed by atoms with van der Waals surface area (Å²) >= 11 is 0. The zero-order valence-electron chi connectivity index (χ0n) is 18.5. The molecular weight excluding hydrogens is 411 g/mol. The smallest absolute Gasteiger partial charge is 0.238 e. The standard InChI is InChI=1S/C23H29FN6O2/c1-15(31)30-10-3-4-16(12-30)22-27-20-9-11-29(13-19(20)23(25-2)28-22)14-21(32)26-18-7-5-17(24)6-8-18/h5-8,16H,3-4,9-14H2,1-2H3,(H,26,32)(H,25,27,28)/t16-/m1/s1. The highest BCUT2D eigenvalue weighted by atomic mass is 19.1. The van der Waals surface area contributed by atoms with Crippen LogP contribution in [0.25, 0.3) is 0 Å².